The van der Waals surface area contributed by atoms with E-state index in [9.17, 15) is 4.79 Å². The second-order valence-electron chi connectivity index (χ2n) is 3.94. The summed E-state index contributed by atoms with van der Waals surface area (Å²) in [5, 5.41) is 2.86. The van der Waals surface area contributed by atoms with Crippen LogP contribution in [0.15, 0.2) is 47.1 Å². The lowest BCUT2D eigenvalue weighted by Gasteiger charge is -2.11. The Morgan fingerprint density at radius 1 is 1.28 bits per heavy atom. The standard InChI is InChI=1S/C14H15NO3/c1-10(13-4-3-9-18-13)15-14(16)11-5-7-12(17-2)8-6-11/h3-10H,1-2H3,(H,15,16)/t10-/m1/s1. The number of ether oxygens (including phenoxy) is 1. The Kier molecular flexibility index (Phi) is 3.67. The third kappa shape index (κ3) is 2.71. The summed E-state index contributed by atoms with van der Waals surface area (Å²) in [6.07, 6.45) is 1.59. The van der Waals surface area contributed by atoms with Crippen molar-refractivity contribution in [3.8, 4) is 5.75 Å². The highest BCUT2D eigenvalue weighted by atomic mass is 16.5. The summed E-state index contributed by atoms with van der Waals surface area (Å²) < 4.78 is 10.3. The molecule has 94 valence electrons. The third-order valence-corrected chi connectivity index (χ3v) is 2.67. The van der Waals surface area contributed by atoms with Gasteiger partial charge in [0.25, 0.3) is 5.91 Å². The lowest BCUT2D eigenvalue weighted by molar-refractivity contribution is 0.0935. The summed E-state index contributed by atoms with van der Waals surface area (Å²) in [7, 11) is 1.59. The second kappa shape index (κ2) is 5.40. The number of hydrogen-bond donors (Lipinski definition) is 1. The van der Waals surface area contributed by atoms with E-state index in [4.69, 9.17) is 9.15 Å². The van der Waals surface area contributed by atoms with Crippen molar-refractivity contribution in [1.82, 2.24) is 5.32 Å². The molecule has 1 aromatic carbocycles. The van der Waals surface area contributed by atoms with Crippen LogP contribution in [0.25, 0.3) is 0 Å². The molecule has 1 amide bonds. The topological polar surface area (TPSA) is 51.5 Å². The van der Waals surface area contributed by atoms with Gasteiger partial charge in [-0.3, -0.25) is 4.79 Å². The zero-order valence-electron chi connectivity index (χ0n) is 10.3. The first-order chi connectivity index (χ1) is 8.70. The Morgan fingerprint density at radius 3 is 2.56 bits per heavy atom. The fourth-order valence-electron chi connectivity index (χ4n) is 1.63. The van der Waals surface area contributed by atoms with Gasteiger partial charge in [-0.2, -0.15) is 0 Å². The molecule has 0 aliphatic rings. The average Bonchev–Trinajstić information content (AvgIpc) is 2.92. The maximum Gasteiger partial charge on any atom is 0.251 e. The van der Waals surface area contributed by atoms with E-state index in [1.807, 2.05) is 13.0 Å². The molecule has 1 aromatic heterocycles. The number of methoxy groups -OCH3 is 1. The maximum absolute atomic E-state index is 12.0. The zero-order chi connectivity index (χ0) is 13.0. The number of hydrogen-bond acceptors (Lipinski definition) is 3. The Morgan fingerprint density at radius 2 is 2.00 bits per heavy atom. The van der Waals surface area contributed by atoms with Crippen molar-refractivity contribution in [1.29, 1.82) is 0 Å². The first kappa shape index (κ1) is 12.2. The molecule has 1 heterocycles. The third-order valence-electron chi connectivity index (χ3n) is 2.67. The van der Waals surface area contributed by atoms with Crippen LogP contribution in [-0.2, 0) is 0 Å². The molecule has 2 rings (SSSR count). The quantitative estimate of drug-likeness (QED) is 0.901. The summed E-state index contributed by atoms with van der Waals surface area (Å²) in [6.45, 7) is 1.88. The van der Waals surface area contributed by atoms with Gasteiger partial charge in [0.1, 0.15) is 11.5 Å². The molecule has 18 heavy (non-hydrogen) atoms. The zero-order valence-corrected chi connectivity index (χ0v) is 10.3. The largest absolute Gasteiger partial charge is 0.497 e. The number of furan rings is 1. The predicted octanol–water partition coefficient (Wildman–Crippen LogP) is 2.78. The van der Waals surface area contributed by atoms with Crippen molar-refractivity contribution >= 4 is 5.91 Å². The Hall–Kier alpha value is -2.23. The van der Waals surface area contributed by atoms with E-state index in [0.717, 1.165) is 11.5 Å². The Balaban J connectivity index is 2.03. The van der Waals surface area contributed by atoms with Crippen molar-refractivity contribution in [2.24, 2.45) is 0 Å². The van der Waals surface area contributed by atoms with Gasteiger partial charge in [-0.05, 0) is 43.3 Å². The molecule has 0 bridgehead atoms. The molecule has 4 nitrogen and oxygen atoms in total. The predicted molar refractivity (Wildman–Crippen MR) is 67.6 cm³/mol. The number of benzene rings is 1. The minimum atomic E-state index is -0.158. The number of rotatable bonds is 4. The Labute approximate surface area is 106 Å². The van der Waals surface area contributed by atoms with Crippen LogP contribution in [0.2, 0.25) is 0 Å². The summed E-state index contributed by atoms with van der Waals surface area (Å²) in [5.74, 6) is 1.32. The fourth-order valence-corrected chi connectivity index (χ4v) is 1.63. The molecule has 0 saturated heterocycles. The van der Waals surface area contributed by atoms with E-state index in [1.54, 1.807) is 43.7 Å². The van der Waals surface area contributed by atoms with Crippen LogP contribution in [0.4, 0.5) is 0 Å². The minimum Gasteiger partial charge on any atom is -0.497 e. The Bertz CT molecular complexity index is 502. The van der Waals surface area contributed by atoms with E-state index in [1.165, 1.54) is 0 Å². The highest BCUT2D eigenvalue weighted by Crippen LogP contribution is 2.15. The molecule has 0 unspecified atom stereocenters. The van der Waals surface area contributed by atoms with Crippen LogP contribution in [0.3, 0.4) is 0 Å². The lowest BCUT2D eigenvalue weighted by Crippen LogP contribution is -2.26. The average molecular weight is 245 g/mol. The van der Waals surface area contributed by atoms with Crippen LogP contribution >= 0.6 is 0 Å². The molecule has 0 fully saturated rings. The molecular weight excluding hydrogens is 230 g/mol. The summed E-state index contributed by atoms with van der Waals surface area (Å²) in [6, 6.07) is 10.4. The fraction of sp³-hybridized carbons (Fsp3) is 0.214. The molecule has 0 saturated carbocycles. The first-order valence-electron chi connectivity index (χ1n) is 5.69. The van der Waals surface area contributed by atoms with Crippen LogP contribution < -0.4 is 10.1 Å². The van der Waals surface area contributed by atoms with Crippen molar-refractivity contribution < 1.29 is 13.9 Å². The van der Waals surface area contributed by atoms with Crippen molar-refractivity contribution in [2.45, 2.75) is 13.0 Å². The van der Waals surface area contributed by atoms with E-state index in [0.29, 0.717) is 5.56 Å². The van der Waals surface area contributed by atoms with Crippen molar-refractivity contribution in [3.05, 3.63) is 54.0 Å². The molecule has 2 aromatic rings. The van der Waals surface area contributed by atoms with E-state index < -0.39 is 0 Å². The molecule has 1 atom stereocenters. The highest BCUT2D eigenvalue weighted by molar-refractivity contribution is 5.94. The molecule has 0 spiro atoms. The van der Waals surface area contributed by atoms with E-state index in [-0.39, 0.29) is 11.9 Å². The number of carbonyl (C=O) groups excluding carboxylic acids is 1. The van der Waals surface area contributed by atoms with Gasteiger partial charge in [-0.15, -0.1) is 0 Å². The van der Waals surface area contributed by atoms with Crippen LogP contribution in [0.5, 0.6) is 5.75 Å². The number of carbonyl (C=O) groups is 1. The maximum atomic E-state index is 12.0. The van der Waals surface area contributed by atoms with Gasteiger partial charge >= 0.3 is 0 Å². The molecule has 0 aliphatic heterocycles. The van der Waals surface area contributed by atoms with Crippen molar-refractivity contribution in [3.63, 3.8) is 0 Å². The van der Waals surface area contributed by atoms with E-state index in [2.05, 4.69) is 5.32 Å². The van der Waals surface area contributed by atoms with E-state index >= 15 is 0 Å². The normalized spacial score (nSPS) is 11.9. The number of amides is 1. The first-order valence-corrected chi connectivity index (χ1v) is 5.69. The SMILES string of the molecule is COc1ccc(C(=O)N[C@H](C)c2ccco2)cc1. The summed E-state index contributed by atoms with van der Waals surface area (Å²) >= 11 is 0. The number of nitrogens with one attached hydrogen (secondary N) is 1. The molecule has 4 heteroatoms. The molecule has 1 N–H and O–H groups in total. The molecule has 0 radical (unpaired) electrons. The summed E-state index contributed by atoms with van der Waals surface area (Å²) in [4.78, 5) is 12.0. The van der Waals surface area contributed by atoms with Crippen molar-refractivity contribution in [2.75, 3.05) is 7.11 Å². The second-order valence-corrected chi connectivity index (χ2v) is 3.94. The van der Waals surface area contributed by atoms with Crippen LogP contribution in [-0.4, -0.2) is 13.0 Å². The van der Waals surface area contributed by atoms with Gasteiger partial charge < -0.3 is 14.5 Å². The van der Waals surface area contributed by atoms with Gasteiger partial charge in [0.15, 0.2) is 0 Å². The van der Waals surface area contributed by atoms with Crippen LogP contribution in [0, 0.1) is 0 Å². The lowest BCUT2D eigenvalue weighted by atomic mass is 10.2. The molecule has 0 aliphatic carbocycles. The van der Waals surface area contributed by atoms with Gasteiger partial charge in [-0.25, -0.2) is 0 Å². The van der Waals surface area contributed by atoms with Gasteiger partial charge in [-0.1, -0.05) is 0 Å². The summed E-state index contributed by atoms with van der Waals surface area (Å²) in [5.41, 5.74) is 0.592. The minimum absolute atomic E-state index is 0.137. The molecular formula is C14H15NO3. The monoisotopic (exact) mass is 245 g/mol. The van der Waals surface area contributed by atoms with Gasteiger partial charge in [0.05, 0.1) is 19.4 Å². The highest BCUT2D eigenvalue weighted by Gasteiger charge is 2.13. The van der Waals surface area contributed by atoms with Gasteiger partial charge in [0.2, 0.25) is 0 Å². The van der Waals surface area contributed by atoms with Gasteiger partial charge in [0, 0.05) is 5.56 Å². The smallest absolute Gasteiger partial charge is 0.251 e. The van der Waals surface area contributed by atoms with Crippen LogP contribution in [0.1, 0.15) is 29.1 Å².